The minimum atomic E-state index is 0.424. The highest BCUT2D eigenvalue weighted by atomic mass is 14.9. The van der Waals surface area contributed by atoms with Crippen molar-refractivity contribution < 1.29 is 0 Å². The third kappa shape index (κ3) is 2.61. The molecule has 0 aliphatic heterocycles. The molecule has 1 aliphatic rings. The summed E-state index contributed by atoms with van der Waals surface area (Å²) >= 11 is 0. The van der Waals surface area contributed by atoms with Crippen LogP contribution in [0, 0.1) is 19.3 Å². The molecule has 2 rings (SSSR count). The van der Waals surface area contributed by atoms with Crippen molar-refractivity contribution in [2.24, 2.45) is 5.41 Å². The molecular formula is C17H27N. The minimum absolute atomic E-state index is 0.424. The van der Waals surface area contributed by atoms with E-state index in [0.29, 0.717) is 11.5 Å². The molecule has 1 aromatic carbocycles. The molecule has 1 nitrogen and oxygen atoms in total. The van der Waals surface area contributed by atoms with Crippen LogP contribution in [0.4, 0.5) is 0 Å². The van der Waals surface area contributed by atoms with Crippen molar-refractivity contribution in [1.29, 1.82) is 0 Å². The molecule has 0 radical (unpaired) electrons. The first-order valence-electron chi connectivity index (χ1n) is 7.31. The zero-order chi connectivity index (χ0) is 13.2. The van der Waals surface area contributed by atoms with E-state index in [-0.39, 0.29) is 0 Å². The Hall–Kier alpha value is -0.820. The zero-order valence-electron chi connectivity index (χ0n) is 12.3. The van der Waals surface area contributed by atoms with Gasteiger partial charge in [-0.25, -0.2) is 0 Å². The van der Waals surface area contributed by atoms with E-state index >= 15 is 0 Å². The van der Waals surface area contributed by atoms with Crippen LogP contribution < -0.4 is 5.32 Å². The fourth-order valence-corrected chi connectivity index (χ4v) is 3.68. The van der Waals surface area contributed by atoms with Gasteiger partial charge in [-0.1, -0.05) is 49.9 Å². The molecule has 1 fully saturated rings. The first-order chi connectivity index (χ1) is 8.57. The number of aryl methyl sites for hydroxylation is 2. The van der Waals surface area contributed by atoms with E-state index in [9.17, 15) is 0 Å². The van der Waals surface area contributed by atoms with Crippen molar-refractivity contribution in [1.82, 2.24) is 5.32 Å². The molecule has 0 bridgehead atoms. The molecule has 1 aromatic rings. The highest BCUT2D eigenvalue weighted by Gasteiger charge is 2.35. The topological polar surface area (TPSA) is 12.0 Å². The van der Waals surface area contributed by atoms with Crippen LogP contribution in [0.25, 0.3) is 0 Å². The van der Waals surface area contributed by atoms with Crippen molar-refractivity contribution in [2.45, 2.75) is 58.9 Å². The van der Waals surface area contributed by atoms with Gasteiger partial charge in [0.15, 0.2) is 0 Å². The lowest BCUT2D eigenvalue weighted by Crippen LogP contribution is -2.36. The standard InChI is InChI=1S/C17H27N/c1-13-8-9-15(14(2)12-13)16(18-4)17(3)10-6-5-7-11-17/h8-9,12,16,18H,5-7,10-11H2,1-4H3. The lowest BCUT2D eigenvalue weighted by Gasteiger charge is -2.41. The predicted molar refractivity (Wildman–Crippen MR) is 78.9 cm³/mol. The largest absolute Gasteiger partial charge is 0.313 e. The smallest absolute Gasteiger partial charge is 0.0374 e. The quantitative estimate of drug-likeness (QED) is 0.824. The SMILES string of the molecule is CNC(c1ccc(C)cc1C)C1(C)CCCCC1. The second-order valence-electron chi connectivity index (χ2n) is 6.30. The molecule has 0 heterocycles. The van der Waals surface area contributed by atoms with Crippen LogP contribution in [0.2, 0.25) is 0 Å². The van der Waals surface area contributed by atoms with Crippen LogP contribution in [0.1, 0.15) is 61.8 Å². The third-order valence-electron chi connectivity index (χ3n) is 4.72. The number of hydrogen-bond acceptors (Lipinski definition) is 1. The van der Waals surface area contributed by atoms with Gasteiger partial charge in [0.1, 0.15) is 0 Å². The molecule has 1 atom stereocenters. The first-order valence-corrected chi connectivity index (χ1v) is 7.31. The highest BCUT2D eigenvalue weighted by molar-refractivity contribution is 5.34. The van der Waals surface area contributed by atoms with Crippen LogP contribution in [0.3, 0.4) is 0 Å². The summed E-state index contributed by atoms with van der Waals surface area (Å²) in [5, 5.41) is 3.59. The van der Waals surface area contributed by atoms with Crippen LogP contribution in [0.5, 0.6) is 0 Å². The van der Waals surface area contributed by atoms with Crippen molar-refractivity contribution in [3.63, 3.8) is 0 Å². The Bertz CT molecular complexity index is 402. The molecule has 18 heavy (non-hydrogen) atoms. The highest BCUT2D eigenvalue weighted by Crippen LogP contribution is 2.46. The van der Waals surface area contributed by atoms with E-state index in [1.54, 1.807) is 0 Å². The molecule has 0 aromatic heterocycles. The van der Waals surface area contributed by atoms with Crippen molar-refractivity contribution in [3.05, 3.63) is 34.9 Å². The van der Waals surface area contributed by atoms with Gasteiger partial charge < -0.3 is 5.32 Å². The molecule has 1 heteroatoms. The van der Waals surface area contributed by atoms with Gasteiger partial charge in [0.25, 0.3) is 0 Å². The van der Waals surface area contributed by atoms with E-state index in [4.69, 9.17) is 0 Å². The molecular weight excluding hydrogens is 218 g/mol. The molecule has 0 amide bonds. The normalized spacial score (nSPS) is 20.7. The fourth-order valence-electron chi connectivity index (χ4n) is 3.68. The summed E-state index contributed by atoms with van der Waals surface area (Å²) in [6, 6.07) is 7.38. The Morgan fingerprint density at radius 3 is 2.33 bits per heavy atom. The van der Waals surface area contributed by atoms with Crippen molar-refractivity contribution in [3.8, 4) is 0 Å². The number of hydrogen-bond donors (Lipinski definition) is 1. The molecule has 100 valence electrons. The number of rotatable bonds is 3. The maximum absolute atomic E-state index is 3.59. The second-order valence-corrected chi connectivity index (χ2v) is 6.30. The van der Waals surface area contributed by atoms with Crippen LogP contribution in [-0.2, 0) is 0 Å². The summed E-state index contributed by atoms with van der Waals surface area (Å²) in [7, 11) is 2.11. The van der Waals surface area contributed by atoms with Gasteiger partial charge >= 0.3 is 0 Å². The van der Waals surface area contributed by atoms with Gasteiger partial charge in [-0.15, -0.1) is 0 Å². The maximum Gasteiger partial charge on any atom is 0.0374 e. The van der Waals surface area contributed by atoms with E-state index in [0.717, 1.165) is 0 Å². The lowest BCUT2D eigenvalue weighted by atomic mass is 9.68. The average molecular weight is 245 g/mol. The minimum Gasteiger partial charge on any atom is -0.313 e. The van der Waals surface area contributed by atoms with E-state index in [1.165, 1.54) is 48.8 Å². The maximum atomic E-state index is 3.59. The van der Waals surface area contributed by atoms with Crippen LogP contribution >= 0.6 is 0 Å². The van der Waals surface area contributed by atoms with E-state index in [1.807, 2.05) is 0 Å². The van der Waals surface area contributed by atoms with E-state index < -0.39 is 0 Å². The molecule has 1 unspecified atom stereocenters. The van der Waals surface area contributed by atoms with Crippen molar-refractivity contribution >= 4 is 0 Å². The number of benzene rings is 1. The Balaban J connectivity index is 2.32. The van der Waals surface area contributed by atoms with Gasteiger partial charge in [-0.3, -0.25) is 0 Å². The monoisotopic (exact) mass is 245 g/mol. The fraction of sp³-hybridized carbons (Fsp3) is 0.647. The average Bonchev–Trinajstić information content (AvgIpc) is 2.33. The third-order valence-corrected chi connectivity index (χ3v) is 4.72. The number of nitrogens with one attached hydrogen (secondary N) is 1. The molecule has 1 aliphatic carbocycles. The summed E-state index contributed by atoms with van der Waals surface area (Å²) < 4.78 is 0. The van der Waals surface area contributed by atoms with Gasteiger partial charge in [0.2, 0.25) is 0 Å². The summed E-state index contributed by atoms with van der Waals surface area (Å²) in [6.45, 7) is 6.89. The first kappa shape index (κ1) is 13.6. The lowest BCUT2D eigenvalue weighted by molar-refractivity contribution is 0.150. The second kappa shape index (κ2) is 5.44. The van der Waals surface area contributed by atoms with Gasteiger partial charge in [0, 0.05) is 6.04 Å². The predicted octanol–water partition coefficient (Wildman–Crippen LogP) is 4.53. The van der Waals surface area contributed by atoms with E-state index in [2.05, 4.69) is 51.3 Å². The van der Waals surface area contributed by atoms with Gasteiger partial charge in [-0.05, 0) is 50.3 Å². The Labute approximate surface area is 112 Å². The summed E-state index contributed by atoms with van der Waals surface area (Å²) in [5.41, 5.74) is 4.71. The van der Waals surface area contributed by atoms with Crippen LogP contribution in [-0.4, -0.2) is 7.05 Å². The summed E-state index contributed by atoms with van der Waals surface area (Å²) in [4.78, 5) is 0. The molecule has 0 saturated heterocycles. The Morgan fingerprint density at radius 1 is 1.11 bits per heavy atom. The van der Waals surface area contributed by atoms with Gasteiger partial charge in [0.05, 0.1) is 0 Å². The Kier molecular flexibility index (Phi) is 4.11. The summed E-state index contributed by atoms with van der Waals surface area (Å²) in [5.74, 6) is 0. The van der Waals surface area contributed by atoms with Crippen molar-refractivity contribution in [2.75, 3.05) is 7.05 Å². The summed E-state index contributed by atoms with van der Waals surface area (Å²) in [6.07, 6.45) is 6.90. The Morgan fingerprint density at radius 2 is 1.78 bits per heavy atom. The van der Waals surface area contributed by atoms with Crippen LogP contribution in [0.15, 0.2) is 18.2 Å². The molecule has 1 N–H and O–H groups in total. The zero-order valence-corrected chi connectivity index (χ0v) is 12.3. The van der Waals surface area contributed by atoms with Gasteiger partial charge in [-0.2, -0.15) is 0 Å². The molecule has 0 spiro atoms. The molecule has 1 saturated carbocycles.